The number of carbonyl (C=O) groups excluding carboxylic acids is 1. The maximum absolute atomic E-state index is 12.1. The fourth-order valence-electron chi connectivity index (χ4n) is 2.65. The number of halogens is 2. The Morgan fingerprint density at radius 3 is 2.80 bits per heavy atom. The van der Waals surface area contributed by atoms with Crippen LogP contribution < -0.4 is 5.32 Å². The van der Waals surface area contributed by atoms with Crippen molar-refractivity contribution in [3.8, 4) is 0 Å². The molecule has 0 radical (unpaired) electrons. The summed E-state index contributed by atoms with van der Waals surface area (Å²) in [4.78, 5) is 12.1. The van der Waals surface area contributed by atoms with Gasteiger partial charge < -0.3 is 10.4 Å². The van der Waals surface area contributed by atoms with E-state index in [2.05, 4.69) is 21.2 Å². The number of aliphatic hydroxyl groups is 1. The third-order valence-corrected chi connectivity index (χ3v) is 4.66. The lowest BCUT2D eigenvalue weighted by Gasteiger charge is -2.26. The van der Waals surface area contributed by atoms with E-state index in [4.69, 9.17) is 11.6 Å². The Kier molecular flexibility index (Phi) is 5.87. The molecule has 3 nitrogen and oxygen atoms in total. The van der Waals surface area contributed by atoms with Gasteiger partial charge in [-0.3, -0.25) is 4.79 Å². The number of benzene rings is 1. The topological polar surface area (TPSA) is 49.3 Å². The third kappa shape index (κ3) is 4.21. The van der Waals surface area contributed by atoms with Gasteiger partial charge in [-0.1, -0.05) is 46.8 Å². The zero-order valence-electron chi connectivity index (χ0n) is 11.2. The highest BCUT2D eigenvalue weighted by Gasteiger charge is 2.22. The highest BCUT2D eigenvalue weighted by Crippen LogP contribution is 2.26. The molecule has 1 fully saturated rings. The Balaban J connectivity index is 1.89. The Labute approximate surface area is 132 Å². The average Bonchev–Trinajstić information content (AvgIpc) is 2.47. The van der Waals surface area contributed by atoms with Gasteiger partial charge in [-0.25, -0.2) is 0 Å². The lowest BCUT2D eigenvalue weighted by atomic mass is 9.85. The van der Waals surface area contributed by atoms with Gasteiger partial charge in [0.05, 0.1) is 16.7 Å². The molecule has 5 heteroatoms. The normalized spacial score (nSPS) is 17.8. The number of rotatable bonds is 4. The lowest BCUT2D eigenvalue weighted by Crippen LogP contribution is -2.37. The first kappa shape index (κ1) is 15.8. The summed E-state index contributed by atoms with van der Waals surface area (Å²) < 4.78 is 0.805. The first-order valence-corrected chi connectivity index (χ1v) is 8.16. The number of hydrogen-bond acceptors (Lipinski definition) is 2. The first-order valence-electron chi connectivity index (χ1n) is 6.99. The summed E-state index contributed by atoms with van der Waals surface area (Å²) in [7, 11) is 0. The van der Waals surface area contributed by atoms with Gasteiger partial charge in [-0.2, -0.15) is 0 Å². The van der Waals surface area contributed by atoms with Crippen molar-refractivity contribution in [1.82, 2.24) is 5.32 Å². The Morgan fingerprint density at radius 2 is 2.10 bits per heavy atom. The lowest BCUT2D eigenvalue weighted by molar-refractivity contribution is 0.0738. The van der Waals surface area contributed by atoms with Crippen molar-refractivity contribution >= 4 is 33.4 Å². The van der Waals surface area contributed by atoms with Crippen molar-refractivity contribution in [3.63, 3.8) is 0 Å². The SMILES string of the molecule is O=C(NCC(O)C1CCCCC1)c1cc(Br)ccc1Cl. The summed E-state index contributed by atoms with van der Waals surface area (Å²) in [6.45, 7) is 0.284. The van der Waals surface area contributed by atoms with Crippen molar-refractivity contribution in [2.24, 2.45) is 5.92 Å². The van der Waals surface area contributed by atoms with Crippen LogP contribution in [0.5, 0.6) is 0 Å². The summed E-state index contributed by atoms with van der Waals surface area (Å²) in [6.07, 6.45) is 5.23. The average molecular weight is 361 g/mol. The predicted octanol–water partition coefficient (Wildman–Crippen LogP) is 3.77. The molecule has 0 spiro atoms. The fourth-order valence-corrected chi connectivity index (χ4v) is 3.21. The summed E-state index contributed by atoms with van der Waals surface area (Å²) in [6, 6.07) is 5.15. The maximum Gasteiger partial charge on any atom is 0.252 e. The highest BCUT2D eigenvalue weighted by molar-refractivity contribution is 9.10. The van der Waals surface area contributed by atoms with Gasteiger partial charge in [-0.05, 0) is 37.0 Å². The molecule has 1 amide bonds. The zero-order valence-corrected chi connectivity index (χ0v) is 13.6. The van der Waals surface area contributed by atoms with Crippen LogP contribution in [0.15, 0.2) is 22.7 Å². The van der Waals surface area contributed by atoms with Crippen LogP contribution in [-0.4, -0.2) is 23.7 Å². The largest absolute Gasteiger partial charge is 0.391 e. The minimum atomic E-state index is -0.467. The van der Waals surface area contributed by atoms with Gasteiger partial charge >= 0.3 is 0 Å². The molecular formula is C15H19BrClNO2. The molecule has 1 saturated carbocycles. The van der Waals surface area contributed by atoms with E-state index in [1.54, 1.807) is 18.2 Å². The molecule has 0 aromatic heterocycles. The molecule has 1 aromatic carbocycles. The van der Waals surface area contributed by atoms with Gasteiger partial charge in [-0.15, -0.1) is 0 Å². The monoisotopic (exact) mass is 359 g/mol. The summed E-state index contributed by atoms with van der Waals surface area (Å²) in [5.74, 6) is 0.0631. The molecule has 0 saturated heterocycles. The van der Waals surface area contributed by atoms with Crippen LogP contribution >= 0.6 is 27.5 Å². The standard InChI is InChI=1S/C15H19BrClNO2/c16-11-6-7-13(17)12(8-11)15(20)18-9-14(19)10-4-2-1-3-5-10/h6-8,10,14,19H,1-5,9H2,(H,18,20). The zero-order chi connectivity index (χ0) is 14.5. The molecule has 2 N–H and O–H groups in total. The number of aliphatic hydroxyl groups excluding tert-OH is 1. The smallest absolute Gasteiger partial charge is 0.252 e. The van der Waals surface area contributed by atoms with E-state index in [-0.39, 0.29) is 12.5 Å². The Bertz CT molecular complexity index is 475. The molecule has 110 valence electrons. The fraction of sp³-hybridized carbons (Fsp3) is 0.533. The van der Waals surface area contributed by atoms with Crippen LogP contribution in [0.2, 0.25) is 5.02 Å². The first-order chi connectivity index (χ1) is 9.58. The van der Waals surface area contributed by atoms with E-state index < -0.39 is 6.10 Å². The molecule has 0 aliphatic heterocycles. The van der Waals surface area contributed by atoms with Gasteiger partial charge in [0.2, 0.25) is 0 Å². The summed E-state index contributed by atoms with van der Waals surface area (Å²) in [5, 5.41) is 13.3. The van der Waals surface area contributed by atoms with Crippen LogP contribution in [-0.2, 0) is 0 Å². The second kappa shape index (κ2) is 7.43. The van der Waals surface area contributed by atoms with Crippen molar-refractivity contribution in [2.45, 2.75) is 38.2 Å². The number of nitrogens with one attached hydrogen (secondary N) is 1. The van der Waals surface area contributed by atoms with Gasteiger partial charge in [0, 0.05) is 11.0 Å². The van der Waals surface area contributed by atoms with Crippen LogP contribution in [0.25, 0.3) is 0 Å². The molecular weight excluding hydrogens is 342 g/mol. The molecule has 1 unspecified atom stereocenters. The van der Waals surface area contributed by atoms with Crippen molar-refractivity contribution in [2.75, 3.05) is 6.54 Å². The number of hydrogen-bond donors (Lipinski definition) is 2. The molecule has 1 atom stereocenters. The van der Waals surface area contributed by atoms with Crippen LogP contribution in [0.3, 0.4) is 0 Å². The third-order valence-electron chi connectivity index (χ3n) is 3.84. The van der Waals surface area contributed by atoms with Crippen molar-refractivity contribution in [1.29, 1.82) is 0 Å². The minimum absolute atomic E-state index is 0.244. The highest BCUT2D eigenvalue weighted by atomic mass is 79.9. The second-order valence-electron chi connectivity index (χ2n) is 5.30. The van der Waals surface area contributed by atoms with E-state index in [0.717, 1.165) is 17.3 Å². The van der Waals surface area contributed by atoms with Crippen LogP contribution in [0.4, 0.5) is 0 Å². The number of carbonyl (C=O) groups is 1. The Hall–Kier alpha value is -0.580. The summed E-state index contributed by atoms with van der Waals surface area (Å²) >= 11 is 9.33. The quantitative estimate of drug-likeness (QED) is 0.858. The molecule has 1 aliphatic carbocycles. The minimum Gasteiger partial charge on any atom is -0.391 e. The van der Waals surface area contributed by atoms with Gasteiger partial charge in [0.15, 0.2) is 0 Å². The summed E-state index contributed by atoms with van der Waals surface area (Å²) in [5.41, 5.74) is 0.428. The number of amides is 1. The molecule has 1 aromatic rings. The van der Waals surface area contributed by atoms with Crippen LogP contribution in [0.1, 0.15) is 42.5 Å². The second-order valence-corrected chi connectivity index (χ2v) is 6.62. The molecule has 1 aliphatic rings. The molecule has 0 heterocycles. The van der Waals surface area contributed by atoms with Gasteiger partial charge in [0.1, 0.15) is 0 Å². The van der Waals surface area contributed by atoms with Gasteiger partial charge in [0.25, 0.3) is 5.91 Å². The van der Waals surface area contributed by atoms with Crippen molar-refractivity contribution in [3.05, 3.63) is 33.3 Å². The Morgan fingerprint density at radius 1 is 1.40 bits per heavy atom. The van der Waals surface area contributed by atoms with E-state index in [1.165, 1.54) is 19.3 Å². The molecule has 2 rings (SSSR count). The van der Waals surface area contributed by atoms with E-state index in [9.17, 15) is 9.90 Å². The van der Waals surface area contributed by atoms with E-state index in [0.29, 0.717) is 16.5 Å². The van der Waals surface area contributed by atoms with E-state index >= 15 is 0 Å². The van der Waals surface area contributed by atoms with Crippen molar-refractivity contribution < 1.29 is 9.90 Å². The maximum atomic E-state index is 12.1. The predicted molar refractivity (Wildman–Crippen MR) is 84.1 cm³/mol. The molecule has 20 heavy (non-hydrogen) atoms. The van der Waals surface area contributed by atoms with E-state index in [1.807, 2.05) is 0 Å². The molecule has 0 bridgehead atoms. The van der Waals surface area contributed by atoms with Crippen LogP contribution in [0, 0.1) is 5.92 Å².